The number of quaternary nitrogens is 1. The van der Waals surface area contributed by atoms with Crippen LogP contribution in [-0.4, -0.2) is 43.9 Å². The standard InChI is InChI=1S/C10H18NO.ClH/c1-3-5-11(6-4-2)7-9-12-10-8-11;/h3-4H,1-2,5-10H2;1H/q+1;/p-1. The molecular weight excluding hydrogens is 186 g/mol. The predicted molar refractivity (Wildman–Crippen MR) is 50.9 cm³/mol. The van der Waals surface area contributed by atoms with Crippen molar-refractivity contribution in [3.63, 3.8) is 0 Å². The average molecular weight is 204 g/mol. The molecule has 1 aliphatic heterocycles. The third-order valence-corrected chi connectivity index (χ3v) is 2.45. The summed E-state index contributed by atoms with van der Waals surface area (Å²) in [5, 5.41) is 0. The number of rotatable bonds is 4. The smallest absolute Gasteiger partial charge is 0.103 e. The van der Waals surface area contributed by atoms with Crippen molar-refractivity contribution >= 4 is 0 Å². The second-order valence-electron chi connectivity index (χ2n) is 3.34. The summed E-state index contributed by atoms with van der Waals surface area (Å²) in [5.41, 5.74) is 0. The molecule has 0 bridgehead atoms. The van der Waals surface area contributed by atoms with E-state index in [1.54, 1.807) is 0 Å². The van der Waals surface area contributed by atoms with Crippen LogP contribution in [0.25, 0.3) is 0 Å². The lowest BCUT2D eigenvalue weighted by Gasteiger charge is -2.39. The van der Waals surface area contributed by atoms with Gasteiger partial charge in [-0.3, -0.25) is 0 Å². The second kappa shape index (κ2) is 6.19. The van der Waals surface area contributed by atoms with E-state index in [1.165, 1.54) is 0 Å². The molecule has 0 aromatic carbocycles. The van der Waals surface area contributed by atoms with E-state index in [-0.39, 0.29) is 12.4 Å². The summed E-state index contributed by atoms with van der Waals surface area (Å²) in [4.78, 5) is 0. The fraction of sp³-hybridized carbons (Fsp3) is 0.600. The number of halogens is 1. The summed E-state index contributed by atoms with van der Waals surface area (Å²) in [6.07, 6.45) is 3.99. The number of ether oxygens (including phenoxy) is 1. The van der Waals surface area contributed by atoms with Gasteiger partial charge in [-0.15, -0.1) is 0 Å². The SMILES string of the molecule is C=CC[N+]1(CC=C)CCOCC1.[Cl-]. The van der Waals surface area contributed by atoms with Crippen LogP contribution < -0.4 is 12.4 Å². The fourth-order valence-electron chi connectivity index (χ4n) is 1.72. The molecule has 0 aromatic heterocycles. The highest BCUT2D eigenvalue weighted by molar-refractivity contribution is 4.72. The third-order valence-electron chi connectivity index (χ3n) is 2.45. The van der Waals surface area contributed by atoms with E-state index in [0.29, 0.717) is 0 Å². The zero-order valence-corrected chi connectivity index (χ0v) is 8.80. The first-order valence-corrected chi connectivity index (χ1v) is 4.48. The van der Waals surface area contributed by atoms with Gasteiger partial charge in [0.15, 0.2) is 0 Å². The number of morpholine rings is 1. The third kappa shape index (κ3) is 3.51. The van der Waals surface area contributed by atoms with E-state index < -0.39 is 0 Å². The highest BCUT2D eigenvalue weighted by atomic mass is 35.5. The van der Waals surface area contributed by atoms with Gasteiger partial charge < -0.3 is 21.6 Å². The molecule has 1 fully saturated rings. The molecule has 1 rings (SSSR count). The van der Waals surface area contributed by atoms with Crippen LogP contribution in [0.3, 0.4) is 0 Å². The van der Waals surface area contributed by atoms with Crippen molar-refractivity contribution in [2.75, 3.05) is 39.4 Å². The van der Waals surface area contributed by atoms with Crippen LogP contribution in [0.15, 0.2) is 25.3 Å². The molecule has 0 radical (unpaired) electrons. The maximum atomic E-state index is 5.33. The van der Waals surface area contributed by atoms with E-state index in [4.69, 9.17) is 4.74 Å². The van der Waals surface area contributed by atoms with Gasteiger partial charge in [-0.05, 0) is 12.2 Å². The van der Waals surface area contributed by atoms with Gasteiger partial charge in [-0.25, -0.2) is 0 Å². The van der Waals surface area contributed by atoms with Gasteiger partial charge in [-0.2, -0.15) is 0 Å². The molecule has 13 heavy (non-hydrogen) atoms. The monoisotopic (exact) mass is 203 g/mol. The first kappa shape index (κ1) is 12.7. The lowest BCUT2D eigenvalue weighted by Crippen LogP contribution is -3.00. The van der Waals surface area contributed by atoms with Gasteiger partial charge in [0.1, 0.15) is 13.1 Å². The molecule has 0 saturated carbocycles. The van der Waals surface area contributed by atoms with E-state index >= 15 is 0 Å². The summed E-state index contributed by atoms with van der Waals surface area (Å²) >= 11 is 0. The van der Waals surface area contributed by atoms with Crippen LogP contribution in [0.4, 0.5) is 0 Å². The molecule has 0 amide bonds. The molecular formula is C10H18ClNO. The summed E-state index contributed by atoms with van der Waals surface area (Å²) in [5.74, 6) is 0. The highest BCUT2D eigenvalue weighted by Crippen LogP contribution is 2.11. The molecule has 0 aromatic rings. The Hall–Kier alpha value is -0.310. The van der Waals surface area contributed by atoms with Gasteiger partial charge in [0, 0.05) is 0 Å². The zero-order chi connectivity index (χ0) is 8.86. The summed E-state index contributed by atoms with van der Waals surface area (Å²) in [6.45, 7) is 13.6. The van der Waals surface area contributed by atoms with E-state index in [9.17, 15) is 0 Å². The van der Waals surface area contributed by atoms with Gasteiger partial charge in [-0.1, -0.05) is 13.2 Å². The molecule has 1 saturated heterocycles. The first-order chi connectivity index (χ1) is 5.83. The van der Waals surface area contributed by atoms with Crippen molar-refractivity contribution in [3.8, 4) is 0 Å². The first-order valence-electron chi connectivity index (χ1n) is 4.48. The fourth-order valence-corrected chi connectivity index (χ4v) is 1.72. The predicted octanol–water partition coefficient (Wildman–Crippen LogP) is -1.79. The van der Waals surface area contributed by atoms with Gasteiger partial charge in [0.2, 0.25) is 0 Å². The van der Waals surface area contributed by atoms with Crippen molar-refractivity contribution in [2.45, 2.75) is 0 Å². The van der Waals surface area contributed by atoms with E-state index in [0.717, 1.165) is 43.9 Å². The lowest BCUT2D eigenvalue weighted by molar-refractivity contribution is -0.924. The molecule has 2 nitrogen and oxygen atoms in total. The Balaban J connectivity index is 0.00000144. The molecule has 0 unspecified atom stereocenters. The van der Waals surface area contributed by atoms with E-state index in [2.05, 4.69) is 13.2 Å². The Morgan fingerprint density at radius 2 is 1.54 bits per heavy atom. The minimum atomic E-state index is 0. The van der Waals surface area contributed by atoms with Gasteiger partial charge in [0.25, 0.3) is 0 Å². The molecule has 76 valence electrons. The van der Waals surface area contributed by atoms with Crippen LogP contribution in [-0.2, 0) is 4.74 Å². The molecule has 1 aliphatic rings. The zero-order valence-electron chi connectivity index (χ0n) is 8.04. The number of nitrogens with zero attached hydrogens (tertiary/aromatic N) is 1. The molecule has 0 N–H and O–H groups in total. The van der Waals surface area contributed by atoms with Crippen LogP contribution in [0, 0.1) is 0 Å². The minimum absolute atomic E-state index is 0. The molecule has 3 heteroatoms. The summed E-state index contributed by atoms with van der Waals surface area (Å²) < 4.78 is 6.41. The van der Waals surface area contributed by atoms with Crippen molar-refractivity contribution in [3.05, 3.63) is 25.3 Å². The molecule has 1 heterocycles. The van der Waals surface area contributed by atoms with Crippen molar-refractivity contribution in [1.82, 2.24) is 0 Å². The minimum Gasteiger partial charge on any atom is -1.00 e. The van der Waals surface area contributed by atoms with Crippen LogP contribution >= 0.6 is 0 Å². The second-order valence-corrected chi connectivity index (χ2v) is 3.34. The Morgan fingerprint density at radius 1 is 1.08 bits per heavy atom. The van der Waals surface area contributed by atoms with Crippen LogP contribution in [0.2, 0.25) is 0 Å². The normalized spacial score (nSPS) is 20.0. The van der Waals surface area contributed by atoms with Crippen molar-refractivity contribution in [2.24, 2.45) is 0 Å². The van der Waals surface area contributed by atoms with Gasteiger partial charge in [0.05, 0.1) is 26.3 Å². The van der Waals surface area contributed by atoms with Gasteiger partial charge >= 0.3 is 0 Å². The number of hydrogen-bond donors (Lipinski definition) is 0. The molecule has 0 spiro atoms. The Bertz CT molecular complexity index is 152. The summed E-state index contributed by atoms with van der Waals surface area (Å²) in [7, 11) is 0. The lowest BCUT2D eigenvalue weighted by atomic mass is 10.3. The molecule has 0 aliphatic carbocycles. The highest BCUT2D eigenvalue weighted by Gasteiger charge is 2.27. The van der Waals surface area contributed by atoms with Crippen molar-refractivity contribution < 1.29 is 21.6 Å². The quantitative estimate of drug-likeness (QED) is 0.388. The Kier molecular flexibility index (Phi) is 6.04. The largest absolute Gasteiger partial charge is 1.00 e. The van der Waals surface area contributed by atoms with Crippen molar-refractivity contribution in [1.29, 1.82) is 0 Å². The Labute approximate surface area is 86.9 Å². The van der Waals surface area contributed by atoms with E-state index in [1.807, 2.05) is 12.2 Å². The average Bonchev–Trinajstić information content (AvgIpc) is 2.07. The number of hydrogen-bond acceptors (Lipinski definition) is 1. The topological polar surface area (TPSA) is 9.23 Å². The van der Waals surface area contributed by atoms with Crippen LogP contribution in [0.5, 0.6) is 0 Å². The summed E-state index contributed by atoms with van der Waals surface area (Å²) in [6, 6.07) is 0. The van der Waals surface area contributed by atoms with Crippen LogP contribution in [0.1, 0.15) is 0 Å². The maximum Gasteiger partial charge on any atom is 0.103 e. The maximum absolute atomic E-state index is 5.33. The molecule has 0 atom stereocenters. The Morgan fingerprint density at radius 3 is 1.92 bits per heavy atom.